The van der Waals surface area contributed by atoms with Gasteiger partial charge in [-0.25, -0.2) is 4.79 Å². The molecule has 220 valence electrons. The topological polar surface area (TPSA) is 164 Å². The van der Waals surface area contributed by atoms with Gasteiger partial charge in [0, 0.05) is 45.4 Å². The van der Waals surface area contributed by atoms with E-state index in [-0.39, 0.29) is 6.42 Å². The number of ether oxygens (including phenoxy) is 6. The van der Waals surface area contributed by atoms with Gasteiger partial charge < -0.3 is 33.5 Å². The lowest BCUT2D eigenvalue weighted by molar-refractivity contribution is -0.227. The highest BCUT2D eigenvalue weighted by Crippen LogP contribution is 2.65. The maximum atomic E-state index is 13.1. The molecule has 0 aromatic heterocycles. The Morgan fingerprint density at radius 1 is 0.900 bits per heavy atom. The molecule has 4 aliphatic rings. The molecule has 0 radical (unpaired) electrons. The van der Waals surface area contributed by atoms with Gasteiger partial charge >= 0.3 is 29.8 Å². The van der Waals surface area contributed by atoms with E-state index in [1.165, 1.54) is 47.6 Å². The lowest BCUT2D eigenvalue weighted by Crippen LogP contribution is -2.68. The summed E-state index contributed by atoms with van der Waals surface area (Å²) in [6, 6.07) is 0. The Morgan fingerprint density at radius 2 is 1.45 bits per heavy atom. The number of aliphatic hydroxyl groups is 1. The van der Waals surface area contributed by atoms with Gasteiger partial charge in [0.25, 0.3) is 0 Å². The summed E-state index contributed by atoms with van der Waals surface area (Å²) in [5.41, 5.74) is -5.93. The van der Waals surface area contributed by atoms with Crippen LogP contribution in [0.15, 0.2) is 23.8 Å². The van der Waals surface area contributed by atoms with Gasteiger partial charge in [-0.05, 0) is 32.9 Å². The summed E-state index contributed by atoms with van der Waals surface area (Å²) in [4.78, 5) is 62.4. The first-order valence-corrected chi connectivity index (χ1v) is 13.1. The van der Waals surface area contributed by atoms with Crippen molar-refractivity contribution in [2.24, 2.45) is 11.3 Å². The second-order valence-corrected chi connectivity index (χ2v) is 11.6. The normalized spacial score (nSPS) is 44.8. The molecule has 2 saturated heterocycles. The molecule has 40 heavy (non-hydrogen) atoms. The minimum atomic E-state index is -2.00. The van der Waals surface area contributed by atoms with Gasteiger partial charge in [0.05, 0.1) is 0 Å². The van der Waals surface area contributed by atoms with Crippen LogP contribution in [0.4, 0.5) is 0 Å². The van der Waals surface area contributed by atoms with Crippen molar-refractivity contribution in [3.63, 3.8) is 0 Å². The number of epoxide rings is 1. The number of fused-ring (bicyclic) bond motifs is 1. The number of esters is 5. The predicted molar refractivity (Wildman–Crippen MR) is 134 cm³/mol. The monoisotopic (exact) mass is 564 g/mol. The minimum absolute atomic E-state index is 0.0717. The average Bonchev–Trinajstić information content (AvgIpc) is 3.38. The SMILES string of the molecule is CC(=O)O[C@H]1C/C(C)=C\[C@H]2OC(=O)[C@]3(C)O[C@]23[C@H](OC(C)=O)[C@H]2[C@](C)(O)[C@H](OC(C)=O)C=C[C@]2(C)[C@H]1OC(C)=O. The predicted octanol–water partition coefficient (Wildman–Crippen LogP) is 1.46. The zero-order valence-corrected chi connectivity index (χ0v) is 23.8. The summed E-state index contributed by atoms with van der Waals surface area (Å²) >= 11 is 0. The second-order valence-electron chi connectivity index (χ2n) is 11.6. The lowest BCUT2D eigenvalue weighted by atomic mass is 9.55. The molecule has 0 aromatic rings. The molecule has 4 rings (SSSR count). The van der Waals surface area contributed by atoms with Crippen molar-refractivity contribution in [1.82, 2.24) is 0 Å². The Morgan fingerprint density at radius 3 is 1.98 bits per heavy atom. The third-order valence-electron chi connectivity index (χ3n) is 8.46. The van der Waals surface area contributed by atoms with Crippen molar-refractivity contribution >= 4 is 29.8 Å². The van der Waals surface area contributed by atoms with Crippen molar-refractivity contribution in [3.8, 4) is 0 Å². The Hall–Kier alpha value is -3.25. The molecular weight excluding hydrogens is 528 g/mol. The molecule has 2 heterocycles. The molecule has 2 aliphatic carbocycles. The first-order valence-electron chi connectivity index (χ1n) is 13.1. The number of hydrogen-bond acceptors (Lipinski definition) is 12. The fourth-order valence-electron chi connectivity index (χ4n) is 6.88. The van der Waals surface area contributed by atoms with Crippen LogP contribution in [0, 0.1) is 11.3 Å². The number of hydrogen-bond donors (Lipinski definition) is 1. The minimum Gasteiger partial charge on any atom is -0.459 e. The van der Waals surface area contributed by atoms with Gasteiger partial charge in [0.15, 0.2) is 17.3 Å². The van der Waals surface area contributed by atoms with Gasteiger partial charge in [-0.15, -0.1) is 0 Å². The number of carbonyl (C=O) groups is 5. The Bertz CT molecular complexity index is 1200. The Labute approximate surface area is 231 Å². The smallest absolute Gasteiger partial charge is 0.342 e. The maximum Gasteiger partial charge on any atom is 0.342 e. The first kappa shape index (κ1) is 29.7. The first-order chi connectivity index (χ1) is 18.4. The third kappa shape index (κ3) is 4.50. The zero-order valence-electron chi connectivity index (χ0n) is 23.8. The van der Waals surface area contributed by atoms with Crippen molar-refractivity contribution in [2.45, 2.75) is 109 Å². The largest absolute Gasteiger partial charge is 0.459 e. The highest BCUT2D eigenvalue weighted by molar-refractivity contribution is 5.89. The molecule has 1 N–H and O–H groups in total. The van der Waals surface area contributed by atoms with Crippen LogP contribution in [0.1, 0.15) is 61.8 Å². The molecule has 0 amide bonds. The van der Waals surface area contributed by atoms with Gasteiger partial charge in [0.2, 0.25) is 0 Å². The van der Waals surface area contributed by atoms with Crippen molar-refractivity contribution in [1.29, 1.82) is 0 Å². The highest BCUT2D eigenvalue weighted by Gasteiger charge is 2.88. The summed E-state index contributed by atoms with van der Waals surface area (Å²) in [5, 5.41) is 12.2. The standard InChI is InChI=1S/C28H36O12/c1-13-11-18(35-14(2)29)22(37-16(4)31)25(6)10-9-19(36-15(3)30)26(7,34)21(25)23(38-17(5)32)28-20(12-13)39-24(33)27(28,8)40-28/h9-10,12,18-23,34H,11H2,1-8H3/b13-12-/t18-,19+,20+,21+,22-,23+,25-,26+,27-,28-/m0/s1. The van der Waals surface area contributed by atoms with Gasteiger partial charge in [-0.3, -0.25) is 19.2 Å². The van der Waals surface area contributed by atoms with E-state index < -0.39 is 88.5 Å². The van der Waals surface area contributed by atoms with E-state index in [1.54, 1.807) is 26.0 Å². The molecule has 0 saturated carbocycles. The summed E-state index contributed by atoms with van der Waals surface area (Å²) in [7, 11) is 0. The van der Waals surface area contributed by atoms with Crippen LogP contribution in [-0.2, 0) is 52.4 Å². The number of rotatable bonds is 4. The van der Waals surface area contributed by atoms with Crippen LogP contribution in [0.3, 0.4) is 0 Å². The molecule has 12 nitrogen and oxygen atoms in total. The molecule has 12 heteroatoms. The van der Waals surface area contributed by atoms with Crippen LogP contribution < -0.4 is 0 Å². The van der Waals surface area contributed by atoms with Crippen molar-refractivity contribution in [2.75, 3.05) is 0 Å². The maximum absolute atomic E-state index is 13.1. The van der Waals surface area contributed by atoms with E-state index in [0.717, 1.165) is 0 Å². The molecule has 0 unspecified atom stereocenters. The van der Waals surface area contributed by atoms with Gasteiger partial charge in [-0.2, -0.15) is 0 Å². The fraction of sp³-hybridized carbons (Fsp3) is 0.679. The van der Waals surface area contributed by atoms with Crippen LogP contribution >= 0.6 is 0 Å². The van der Waals surface area contributed by atoms with E-state index in [1.807, 2.05) is 0 Å². The Kier molecular flexibility index (Phi) is 7.20. The molecule has 2 aliphatic heterocycles. The van der Waals surface area contributed by atoms with E-state index in [2.05, 4.69) is 0 Å². The van der Waals surface area contributed by atoms with Crippen LogP contribution in [0.25, 0.3) is 0 Å². The van der Waals surface area contributed by atoms with Crippen LogP contribution in [0.5, 0.6) is 0 Å². The van der Waals surface area contributed by atoms with E-state index in [4.69, 9.17) is 28.4 Å². The van der Waals surface area contributed by atoms with Gasteiger partial charge in [-0.1, -0.05) is 18.6 Å². The molecule has 1 spiro atoms. The second kappa shape index (κ2) is 9.69. The average molecular weight is 565 g/mol. The van der Waals surface area contributed by atoms with Crippen LogP contribution in [0.2, 0.25) is 0 Å². The molecular formula is C28H36O12. The fourth-order valence-corrected chi connectivity index (χ4v) is 6.88. The quantitative estimate of drug-likeness (QED) is 0.227. The van der Waals surface area contributed by atoms with E-state index >= 15 is 0 Å². The lowest BCUT2D eigenvalue weighted by Gasteiger charge is -2.55. The summed E-state index contributed by atoms with van der Waals surface area (Å²) in [5.74, 6) is -4.71. The summed E-state index contributed by atoms with van der Waals surface area (Å²) in [6.07, 6.45) is -1.23. The zero-order chi connectivity index (χ0) is 30.0. The molecule has 10 atom stereocenters. The Balaban J connectivity index is 2.06. The molecule has 2 fully saturated rings. The van der Waals surface area contributed by atoms with Crippen molar-refractivity contribution in [3.05, 3.63) is 23.8 Å². The summed E-state index contributed by atoms with van der Waals surface area (Å²) < 4.78 is 34.7. The van der Waals surface area contributed by atoms with Gasteiger partial charge in [0.1, 0.15) is 30.0 Å². The highest BCUT2D eigenvalue weighted by atomic mass is 16.7. The van der Waals surface area contributed by atoms with Crippen LogP contribution in [-0.4, -0.2) is 82.3 Å². The number of carbonyl (C=O) groups excluding carboxylic acids is 5. The van der Waals surface area contributed by atoms with E-state index in [9.17, 15) is 29.1 Å². The third-order valence-corrected chi connectivity index (χ3v) is 8.46. The van der Waals surface area contributed by atoms with E-state index in [0.29, 0.717) is 5.57 Å². The summed E-state index contributed by atoms with van der Waals surface area (Å²) in [6.45, 7) is 11.0. The van der Waals surface area contributed by atoms with Crippen molar-refractivity contribution < 1.29 is 57.5 Å². The molecule has 0 aromatic carbocycles. The molecule has 0 bridgehead atoms.